The molecule has 174 valence electrons. The average molecular weight is 438 g/mol. The van der Waals surface area contributed by atoms with E-state index in [0.29, 0.717) is 26.4 Å². The number of hydrogen-bond acceptors (Lipinski definition) is 8. The molecule has 12 nitrogen and oxygen atoms in total. The number of aliphatic hydroxyl groups excluding tert-OH is 2. The van der Waals surface area contributed by atoms with E-state index in [1.54, 1.807) is 0 Å². The van der Waals surface area contributed by atoms with E-state index in [-0.39, 0.29) is 13.2 Å². The average Bonchev–Trinajstić information content (AvgIpc) is 2.72. The standard InChI is InChI=1S/C6H14O4.4C3H4O2/c7-1-3-9-5-6-10-4-2-8;4*1-2-3(4)5/h7-8H,1-6H2;4*2H,1H2,(H,4,5). The molecule has 0 aromatic rings. The van der Waals surface area contributed by atoms with E-state index in [2.05, 4.69) is 26.3 Å². The van der Waals surface area contributed by atoms with Crippen LogP contribution in [-0.2, 0) is 28.7 Å². The predicted octanol–water partition coefficient (Wildman–Crippen LogP) is 0.0322. The fourth-order valence-corrected chi connectivity index (χ4v) is 0.451. The second-order valence-corrected chi connectivity index (χ2v) is 3.84. The molecule has 0 bridgehead atoms. The topological polar surface area (TPSA) is 208 Å². The van der Waals surface area contributed by atoms with E-state index in [1.807, 2.05) is 0 Å². The van der Waals surface area contributed by atoms with Gasteiger partial charge in [-0.15, -0.1) is 0 Å². The molecule has 0 aliphatic rings. The normalized spacial score (nSPS) is 7.67. The van der Waals surface area contributed by atoms with Crippen LogP contribution in [0.4, 0.5) is 0 Å². The summed E-state index contributed by atoms with van der Waals surface area (Å²) < 4.78 is 9.75. The Kier molecular flexibility index (Phi) is 45.6. The fraction of sp³-hybridized carbons (Fsp3) is 0.333. The zero-order valence-electron chi connectivity index (χ0n) is 16.5. The van der Waals surface area contributed by atoms with E-state index in [9.17, 15) is 19.2 Å². The fourth-order valence-electron chi connectivity index (χ4n) is 0.451. The molecule has 6 N–H and O–H groups in total. The van der Waals surface area contributed by atoms with Crippen LogP contribution in [-0.4, -0.2) is 94.2 Å². The van der Waals surface area contributed by atoms with Crippen LogP contribution in [0.15, 0.2) is 50.6 Å². The van der Waals surface area contributed by atoms with Crippen molar-refractivity contribution in [2.24, 2.45) is 0 Å². The SMILES string of the molecule is C=CC(=O)O.C=CC(=O)O.C=CC(=O)O.C=CC(=O)O.OCCOCCOCCO. The van der Waals surface area contributed by atoms with Crippen molar-refractivity contribution in [2.45, 2.75) is 0 Å². The monoisotopic (exact) mass is 438 g/mol. The number of aliphatic hydroxyl groups is 2. The third-order valence-electron chi connectivity index (χ3n) is 1.54. The van der Waals surface area contributed by atoms with Crippen LogP contribution in [0.1, 0.15) is 0 Å². The minimum absolute atomic E-state index is 0.0417. The Morgan fingerprint density at radius 1 is 0.533 bits per heavy atom. The Labute approximate surface area is 174 Å². The molecular weight excluding hydrogens is 408 g/mol. The number of carboxylic acid groups (broad SMARTS) is 4. The second kappa shape index (κ2) is 36.6. The molecule has 0 radical (unpaired) electrons. The highest BCUT2D eigenvalue weighted by Gasteiger charge is 1.86. The summed E-state index contributed by atoms with van der Waals surface area (Å²) in [5.41, 5.74) is 0. The van der Waals surface area contributed by atoms with E-state index in [1.165, 1.54) is 0 Å². The van der Waals surface area contributed by atoms with E-state index in [0.717, 1.165) is 24.3 Å². The molecule has 0 fully saturated rings. The first-order valence-corrected chi connectivity index (χ1v) is 7.79. The van der Waals surface area contributed by atoms with Gasteiger partial charge in [-0.1, -0.05) is 26.3 Å². The summed E-state index contributed by atoms with van der Waals surface area (Å²) in [6.45, 7) is 13.6. The van der Waals surface area contributed by atoms with Crippen LogP contribution in [0.25, 0.3) is 0 Å². The lowest BCUT2D eigenvalue weighted by molar-refractivity contribution is -0.132. The largest absolute Gasteiger partial charge is 0.478 e. The van der Waals surface area contributed by atoms with Crippen molar-refractivity contribution in [2.75, 3.05) is 39.6 Å². The van der Waals surface area contributed by atoms with Crippen molar-refractivity contribution in [1.29, 1.82) is 0 Å². The first kappa shape index (κ1) is 37.4. The molecule has 0 aliphatic carbocycles. The molecule has 0 spiro atoms. The van der Waals surface area contributed by atoms with Crippen LogP contribution in [0.5, 0.6) is 0 Å². The minimum Gasteiger partial charge on any atom is -0.478 e. The summed E-state index contributed by atoms with van der Waals surface area (Å²) in [4.78, 5) is 37.0. The van der Waals surface area contributed by atoms with Gasteiger partial charge in [0.05, 0.1) is 39.6 Å². The molecular formula is C18H30O12. The van der Waals surface area contributed by atoms with Gasteiger partial charge in [-0.25, -0.2) is 19.2 Å². The molecule has 0 saturated carbocycles. The van der Waals surface area contributed by atoms with Crippen molar-refractivity contribution in [3.8, 4) is 0 Å². The van der Waals surface area contributed by atoms with E-state index >= 15 is 0 Å². The van der Waals surface area contributed by atoms with Crippen LogP contribution in [0.3, 0.4) is 0 Å². The lowest BCUT2D eigenvalue weighted by atomic mass is 10.7. The zero-order chi connectivity index (χ0) is 24.8. The third-order valence-corrected chi connectivity index (χ3v) is 1.54. The van der Waals surface area contributed by atoms with Gasteiger partial charge in [-0.3, -0.25) is 0 Å². The van der Waals surface area contributed by atoms with Gasteiger partial charge in [0, 0.05) is 24.3 Å². The summed E-state index contributed by atoms with van der Waals surface area (Å²) in [7, 11) is 0. The van der Waals surface area contributed by atoms with Crippen molar-refractivity contribution in [3.63, 3.8) is 0 Å². The molecule has 0 saturated heterocycles. The molecule has 12 heteroatoms. The second-order valence-electron chi connectivity index (χ2n) is 3.84. The van der Waals surface area contributed by atoms with Crippen LogP contribution in [0.2, 0.25) is 0 Å². The molecule has 0 aliphatic heterocycles. The van der Waals surface area contributed by atoms with Crippen LogP contribution in [0, 0.1) is 0 Å². The molecule has 0 atom stereocenters. The Morgan fingerprint density at radius 2 is 0.700 bits per heavy atom. The molecule has 0 aromatic heterocycles. The number of aliphatic carboxylic acids is 4. The summed E-state index contributed by atoms with van der Waals surface area (Å²) in [6, 6.07) is 0. The summed E-state index contributed by atoms with van der Waals surface area (Å²) in [6.07, 6.45) is 3.33. The Balaban J connectivity index is -0.0000000908. The van der Waals surface area contributed by atoms with Gasteiger partial charge in [-0.05, 0) is 0 Å². The highest BCUT2D eigenvalue weighted by Crippen LogP contribution is 1.76. The molecule has 0 amide bonds. The van der Waals surface area contributed by atoms with Crippen molar-refractivity contribution >= 4 is 23.9 Å². The molecule has 0 rings (SSSR count). The van der Waals surface area contributed by atoms with Crippen molar-refractivity contribution in [1.82, 2.24) is 0 Å². The lowest BCUT2D eigenvalue weighted by Crippen LogP contribution is -2.09. The maximum absolute atomic E-state index is 9.25. The molecule has 0 aromatic carbocycles. The quantitative estimate of drug-likeness (QED) is 0.186. The number of hydrogen-bond donors (Lipinski definition) is 6. The maximum Gasteiger partial charge on any atom is 0.327 e. The van der Waals surface area contributed by atoms with Crippen molar-refractivity contribution < 1.29 is 59.3 Å². The number of carboxylic acids is 4. The maximum atomic E-state index is 9.25. The van der Waals surface area contributed by atoms with Crippen molar-refractivity contribution in [3.05, 3.63) is 50.6 Å². The van der Waals surface area contributed by atoms with Gasteiger partial charge in [0.15, 0.2) is 0 Å². The van der Waals surface area contributed by atoms with Gasteiger partial charge in [0.25, 0.3) is 0 Å². The summed E-state index contributed by atoms with van der Waals surface area (Å²) >= 11 is 0. The third kappa shape index (κ3) is 101. The Morgan fingerprint density at radius 3 is 0.800 bits per heavy atom. The first-order chi connectivity index (χ1) is 14.0. The van der Waals surface area contributed by atoms with E-state index in [4.69, 9.17) is 40.1 Å². The molecule has 30 heavy (non-hydrogen) atoms. The first-order valence-electron chi connectivity index (χ1n) is 7.79. The van der Waals surface area contributed by atoms with Gasteiger partial charge < -0.3 is 40.1 Å². The molecule has 0 unspecified atom stereocenters. The highest BCUT2D eigenvalue weighted by molar-refractivity contribution is 5.79. The Hall–Kier alpha value is -3.32. The van der Waals surface area contributed by atoms with Gasteiger partial charge >= 0.3 is 23.9 Å². The van der Waals surface area contributed by atoms with Crippen LogP contribution < -0.4 is 0 Å². The van der Waals surface area contributed by atoms with E-state index < -0.39 is 23.9 Å². The predicted molar refractivity (Wildman–Crippen MR) is 107 cm³/mol. The number of ether oxygens (including phenoxy) is 2. The van der Waals surface area contributed by atoms with Gasteiger partial charge in [0.1, 0.15) is 0 Å². The van der Waals surface area contributed by atoms with Crippen LogP contribution >= 0.6 is 0 Å². The Bertz CT molecular complexity index is 406. The smallest absolute Gasteiger partial charge is 0.327 e. The van der Waals surface area contributed by atoms with Gasteiger partial charge in [0.2, 0.25) is 0 Å². The number of rotatable bonds is 11. The summed E-state index contributed by atoms with van der Waals surface area (Å²) in [5, 5.41) is 46.9. The zero-order valence-corrected chi connectivity index (χ0v) is 16.5. The lowest BCUT2D eigenvalue weighted by Gasteiger charge is -2.01. The van der Waals surface area contributed by atoms with Gasteiger partial charge in [-0.2, -0.15) is 0 Å². The number of carbonyl (C=O) groups is 4. The summed E-state index contributed by atoms with van der Waals surface area (Å²) in [5.74, 6) is -3.93. The minimum atomic E-state index is -0.981. The highest BCUT2D eigenvalue weighted by atomic mass is 16.5. The molecule has 0 heterocycles.